The maximum atomic E-state index is 12.0. The SMILES string of the molecule is CN(C)S(=O)(=O)c1ccc(N)c(Sc2ncns2)c1. The predicted molar refractivity (Wildman–Crippen MR) is 75.8 cm³/mol. The van der Waals surface area contributed by atoms with Crippen molar-refractivity contribution in [1.82, 2.24) is 13.7 Å². The first kappa shape index (κ1) is 14.3. The van der Waals surface area contributed by atoms with Gasteiger partial charge in [-0.1, -0.05) is 11.8 Å². The lowest BCUT2D eigenvalue weighted by Crippen LogP contribution is -2.22. The van der Waals surface area contributed by atoms with Crippen LogP contribution in [0.3, 0.4) is 0 Å². The van der Waals surface area contributed by atoms with Gasteiger partial charge in [-0.15, -0.1) is 0 Å². The largest absolute Gasteiger partial charge is 0.398 e. The molecule has 0 amide bonds. The highest BCUT2D eigenvalue weighted by Gasteiger charge is 2.18. The van der Waals surface area contributed by atoms with Gasteiger partial charge >= 0.3 is 0 Å². The first-order chi connectivity index (χ1) is 8.91. The number of rotatable bonds is 4. The Bertz CT molecular complexity index is 668. The van der Waals surface area contributed by atoms with Gasteiger partial charge in [0.25, 0.3) is 0 Å². The molecule has 0 atom stereocenters. The fraction of sp³-hybridized carbons (Fsp3) is 0.200. The molecule has 102 valence electrons. The average Bonchev–Trinajstić information content (AvgIpc) is 2.84. The van der Waals surface area contributed by atoms with E-state index >= 15 is 0 Å². The highest BCUT2D eigenvalue weighted by atomic mass is 32.2. The molecule has 0 fully saturated rings. The maximum absolute atomic E-state index is 12.0. The maximum Gasteiger partial charge on any atom is 0.242 e. The first-order valence-corrected chi connectivity index (χ1v) is 8.21. The quantitative estimate of drug-likeness (QED) is 0.860. The zero-order valence-corrected chi connectivity index (χ0v) is 12.7. The molecule has 1 aromatic heterocycles. The van der Waals surface area contributed by atoms with Crippen molar-refractivity contribution in [3.05, 3.63) is 24.5 Å². The normalized spacial score (nSPS) is 11.9. The highest BCUT2D eigenvalue weighted by Crippen LogP contribution is 2.34. The van der Waals surface area contributed by atoms with E-state index in [4.69, 9.17) is 5.73 Å². The molecular weight excluding hydrogens is 304 g/mol. The van der Waals surface area contributed by atoms with Crippen molar-refractivity contribution in [3.8, 4) is 0 Å². The van der Waals surface area contributed by atoms with Gasteiger partial charge in [0.05, 0.1) is 4.90 Å². The fourth-order valence-corrected chi connectivity index (χ4v) is 3.77. The number of hydrogen-bond acceptors (Lipinski definition) is 7. The number of anilines is 1. The number of nitrogens with zero attached hydrogens (tertiary/aromatic N) is 3. The van der Waals surface area contributed by atoms with Gasteiger partial charge in [-0.05, 0) is 29.7 Å². The smallest absolute Gasteiger partial charge is 0.242 e. The second kappa shape index (κ2) is 5.45. The van der Waals surface area contributed by atoms with Gasteiger partial charge in [-0.3, -0.25) is 0 Å². The monoisotopic (exact) mass is 316 g/mol. The second-order valence-corrected chi connectivity index (χ2v) is 8.02. The lowest BCUT2D eigenvalue weighted by molar-refractivity contribution is 0.520. The first-order valence-electron chi connectivity index (χ1n) is 5.18. The van der Waals surface area contributed by atoms with Gasteiger partial charge in [0.15, 0.2) is 4.34 Å². The predicted octanol–water partition coefficient (Wildman–Crippen LogP) is 1.52. The number of hydrogen-bond donors (Lipinski definition) is 1. The van der Waals surface area contributed by atoms with Crippen molar-refractivity contribution in [2.75, 3.05) is 19.8 Å². The van der Waals surface area contributed by atoms with Crippen LogP contribution in [0.15, 0.2) is 38.7 Å². The summed E-state index contributed by atoms with van der Waals surface area (Å²) in [5, 5.41) is 0. The van der Waals surface area contributed by atoms with Crippen LogP contribution in [-0.2, 0) is 10.0 Å². The van der Waals surface area contributed by atoms with Crippen LogP contribution in [0.25, 0.3) is 0 Å². The molecule has 2 N–H and O–H groups in total. The molecule has 0 aliphatic carbocycles. The van der Waals surface area contributed by atoms with E-state index in [0.717, 1.165) is 4.31 Å². The molecule has 0 bridgehead atoms. The van der Waals surface area contributed by atoms with E-state index in [2.05, 4.69) is 9.36 Å². The molecule has 19 heavy (non-hydrogen) atoms. The van der Waals surface area contributed by atoms with Crippen LogP contribution in [0, 0.1) is 0 Å². The van der Waals surface area contributed by atoms with Crippen LogP contribution in [0.4, 0.5) is 5.69 Å². The Labute approximate surface area is 119 Å². The summed E-state index contributed by atoms with van der Waals surface area (Å²) in [5.41, 5.74) is 6.36. The van der Waals surface area contributed by atoms with Crippen molar-refractivity contribution >= 4 is 39.0 Å². The molecule has 9 heteroatoms. The highest BCUT2D eigenvalue weighted by molar-refractivity contribution is 8.01. The molecule has 0 aliphatic rings. The van der Waals surface area contributed by atoms with Crippen LogP contribution in [0.1, 0.15) is 0 Å². The third-order valence-corrected chi connectivity index (χ3v) is 5.90. The topological polar surface area (TPSA) is 89.2 Å². The minimum atomic E-state index is -3.46. The van der Waals surface area contributed by atoms with Crippen LogP contribution >= 0.6 is 23.3 Å². The molecule has 1 aromatic carbocycles. The van der Waals surface area contributed by atoms with Gasteiger partial charge in [0.2, 0.25) is 10.0 Å². The van der Waals surface area contributed by atoms with E-state index in [9.17, 15) is 8.42 Å². The molecule has 0 spiro atoms. The lowest BCUT2D eigenvalue weighted by Gasteiger charge is -2.12. The van der Waals surface area contributed by atoms with Crippen LogP contribution in [0.2, 0.25) is 0 Å². The van der Waals surface area contributed by atoms with E-state index in [1.165, 1.54) is 49.8 Å². The Balaban J connectivity index is 2.40. The van der Waals surface area contributed by atoms with E-state index in [1.54, 1.807) is 12.1 Å². The Morgan fingerprint density at radius 3 is 2.68 bits per heavy atom. The van der Waals surface area contributed by atoms with E-state index < -0.39 is 10.0 Å². The van der Waals surface area contributed by atoms with Gasteiger partial charge < -0.3 is 5.73 Å². The fourth-order valence-electron chi connectivity index (χ4n) is 1.28. The average molecular weight is 316 g/mol. The summed E-state index contributed by atoms with van der Waals surface area (Å²) in [6.07, 6.45) is 1.45. The molecule has 0 saturated carbocycles. The van der Waals surface area contributed by atoms with Crippen LogP contribution in [0.5, 0.6) is 0 Å². The standard InChI is InChI=1S/C10H12N4O2S3/c1-14(2)19(15,16)7-3-4-8(11)9(5-7)17-10-12-6-13-18-10/h3-6H,11H2,1-2H3. The molecule has 0 unspecified atom stereocenters. The number of aromatic nitrogens is 2. The van der Waals surface area contributed by atoms with Crippen LogP contribution in [-0.4, -0.2) is 36.2 Å². The molecule has 2 rings (SSSR count). The Hall–Kier alpha value is -1.16. The van der Waals surface area contributed by atoms with Crippen LogP contribution < -0.4 is 5.73 Å². The zero-order chi connectivity index (χ0) is 14.0. The zero-order valence-electron chi connectivity index (χ0n) is 10.3. The Kier molecular flexibility index (Phi) is 4.09. The summed E-state index contributed by atoms with van der Waals surface area (Å²) >= 11 is 2.53. The molecule has 0 saturated heterocycles. The molecule has 0 aliphatic heterocycles. The van der Waals surface area contributed by atoms with Crippen molar-refractivity contribution in [2.45, 2.75) is 14.1 Å². The third-order valence-electron chi connectivity index (χ3n) is 2.30. The van der Waals surface area contributed by atoms with Gasteiger partial charge in [-0.25, -0.2) is 17.7 Å². The summed E-state index contributed by atoms with van der Waals surface area (Å²) in [4.78, 5) is 4.89. The summed E-state index contributed by atoms with van der Waals surface area (Å²) in [6, 6.07) is 4.63. The van der Waals surface area contributed by atoms with E-state index in [1.807, 2.05) is 0 Å². The van der Waals surface area contributed by atoms with Gasteiger partial charge in [-0.2, -0.15) is 4.37 Å². The number of nitrogen functional groups attached to an aromatic ring is 1. The minimum Gasteiger partial charge on any atom is -0.398 e. The summed E-state index contributed by atoms with van der Waals surface area (Å²) < 4.78 is 29.9. The Morgan fingerprint density at radius 2 is 2.11 bits per heavy atom. The van der Waals surface area contributed by atoms with Crippen molar-refractivity contribution < 1.29 is 8.42 Å². The summed E-state index contributed by atoms with van der Waals surface area (Å²) in [7, 11) is -0.485. The van der Waals surface area contributed by atoms with Crippen molar-refractivity contribution in [1.29, 1.82) is 0 Å². The third kappa shape index (κ3) is 3.06. The summed E-state index contributed by atoms with van der Waals surface area (Å²) in [5.74, 6) is 0. The number of nitrogens with two attached hydrogens (primary N) is 1. The molecule has 0 radical (unpaired) electrons. The second-order valence-electron chi connectivity index (χ2n) is 3.80. The number of benzene rings is 1. The lowest BCUT2D eigenvalue weighted by atomic mass is 10.3. The Morgan fingerprint density at radius 1 is 1.37 bits per heavy atom. The molecule has 2 aromatic rings. The number of sulfonamides is 1. The molecule has 6 nitrogen and oxygen atoms in total. The van der Waals surface area contributed by atoms with Gasteiger partial charge in [0.1, 0.15) is 6.33 Å². The van der Waals surface area contributed by atoms with E-state index in [0.29, 0.717) is 14.9 Å². The van der Waals surface area contributed by atoms with Crippen molar-refractivity contribution in [3.63, 3.8) is 0 Å². The van der Waals surface area contributed by atoms with Crippen molar-refractivity contribution in [2.24, 2.45) is 0 Å². The molecule has 1 heterocycles. The molecular formula is C10H12N4O2S3. The van der Waals surface area contributed by atoms with E-state index in [-0.39, 0.29) is 4.90 Å². The van der Waals surface area contributed by atoms with Gasteiger partial charge in [0, 0.05) is 24.7 Å². The summed E-state index contributed by atoms with van der Waals surface area (Å²) in [6.45, 7) is 0. The minimum absolute atomic E-state index is 0.207.